The van der Waals surface area contributed by atoms with Crippen molar-refractivity contribution in [3.8, 4) is 5.75 Å². The molecule has 162 valence electrons. The van der Waals surface area contributed by atoms with Crippen LogP contribution in [0.3, 0.4) is 0 Å². The molecule has 0 fully saturated rings. The molecule has 0 saturated carbocycles. The molecule has 1 amide bonds. The SMILES string of the molecule is COCCOc1ccccc1NC(C)C(=O)Nc1ccc([N+](=O)[O-])cc1C(F)(F)F. The molecule has 30 heavy (non-hydrogen) atoms. The van der Waals surface area contributed by atoms with E-state index in [1.807, 2.05) is 0 Å². The number of nitro benzene ring substituents is 1. The zero-order valence-electron chi connectivity index (χ0n) is 16.2. The number of alkyl halides is 3. The molecule has 2 rings (SSSR count). The number of methoxy groups -OCH3 is 1. The molecule has 2 aromatic rings. The van der Waals surface area contributed by atoms with E-state index in [1.165, 1.54) is 14.0 Å². The van der Waals surface area contributed by atoms with E-state index in [1.54, 1.807) is 24.3 Å². The maximum Gasteiger partial charge on any atom is 0.418 e. The molecule has 2 N–H and O–H groups in total. The third-order valence-corrected chi connectivity index (χ3v) is 3.97. The van der Waals surface area contributed by atoms with Gasteiger partial charge in [-0.2, -0.15) is 13.2 Å². The number of carbonyl (C=O) groups excluding carboxylic acids is 1. The van der Waals surface area contributed by atoms with E-state index < -0.39 is 40.0 Å². The number of nitrogens with one attached hydrogen (secondary N) is 2. The summed E-state index contributed by atoms with van der Waals surface area (Å²) in [6.45, 7) is 2.08. The Kier molecular flexibility index (Phi) is 7.59. The van der Waals surface area contributed by atoms with E-state index >= 15 is 0 Å². The second kappa shape index (κ2) is 9.92. The van der Waals surface area contributed by atoms with Crippen LogP contribution in [0.5, 0.6) is 5.75 Å². The molecule has 0 radical (unpaired) electrons. The molecule has 1 atom stereocenters. The molecule has 2 aromatic carbocycles. The largest absolute Gasteiger partial charge is 0.489 e. The van der Waals surface area contributed by atoms with Gasteiger partial charge in [0.1, 0.15) is 18.4 Å². The van der Waals surface area contributed by atoms with Gasteiger partial charge in [-0.05, 0) is 25.1 Å². The summed E-state index contributed by atoms with van der Waals surface area (Å²) in [6.07, 6.45) is -4.88. The van der Waals surface area contributed by atoms with Crippen LogP contribution in [0.15, 0.2) is 42.5 Å². The fourth-order valence-electron chi connectivity index (χ4n) is 2.48. The highest BCUT2D eigenvalue weighted by Gasteiger charge is 2.36. The lowest BCUT2D eigenvalue weighted by molar-refractivity contribution is -0.385. The summed E-state index contributed by atoms with van der Waals surface area (Å²) in [6, 6.07) is 7.94. The fourth-order valence-corrected chi connectivity index (χ4v) is 2.48. The smallest absolute Gasteiger partial charge is 0.418 e. The van der Waals surface area contributed by atoms with Gasteiger partial charge < -0.3 is 20.1 Å². The van der Waals surface area contributed by atoms with Gasteiger partial charge in [-0.25, -0.2) is 0 Å². The lowest BCUT2D eigenvalue weighted by atomic mass is 10.1. The zero-order valence-corrected chi connectivity index (χ0v) is 16.2. The number of para-hydroxylation sites is 2. The molecule has 1 unspecified atom stereocenters. The Morgan fingerprint density at radius 1 is 1.17 bits per heavy atom. The molecule has 11 heteroatoms. The Balaban J connectivity index is 2.16. The summed E-state index contributed by atoms with van der Waals surface area (Å²) in [5, 5.41) is 15.8. The fraction of sp³-hybridized carbons (Fsp3) is 0.316. The Bertz CT molecular complexity index is 905. The summed E-state index contributed by atoms with van der Waals surface area (Å²) in [7, 11) is 1.52. The minimum absolute atomic E-state index is 0.271. The summed E-state index contributed by atoms with van der Waals surface area (Å²) in [4.78, 5) is 22.3. The van der Waals surface area contributed by atoms with Crippen LogP contribution in [0, 0.1) is 10.1 Å². The van der Waals surface area contributed by atoms with Crippen LogP contribution < -0.4 is 15.4 Å². The average Bonchev–Trinajstić information content (AvgIpc) is 2.68. The number of nitrogens with zero attached hydrogens (tertiary/aromatic N) is 1. The van der Waals surface area contributed by atoms with Gasteiger partial charge in [-0.3, -0.25) is 14.9 Å². The topological polar surface area (TPSA) is 103 Å². The van der Waals surface area contributed by atoms with Gasteiger partial charge in [-0.15, -0.1) is 0 Å². The normalized spacial score (nSPS) is 12.2. The van der Waals surface area contributed by atoms with Crippen molar-refractivity contribution in [3.63, 3.8) is 0 Å². The third-order valence-electron chi connectivity index (χ3n) is 3.97. The van der Waals surface area contributed by atoms with E-state index in [2.05, 4.69) is 10.6 Å². The highest BCUT2D eigenvalue weighted by atomic mass is 19.4. The Hall–Kier alpha value is -3.34. The lowest BCUT2D eigenvalue weighted by Gasteiger charge is -2.19. The highest BCUT2D eigenvalue weighted by Crippen LogP contribution is 2.37. The molecule has 0 aliphatic heterocycles. The van der Waals surface area contributed by atoms with Gasteiger partial charge in [-0.1, -0.05) is 12.1 Å². The van der Waals surface area contributed by atoms with Crippen molar-refractivity contribution in [2.24, 2.45) is 0 Å². The monoisotopic (exact) mass is 427 g/mol. The molecule has 0 aromatic heterocycles. The number of carbonyl (C=O) groups is 1. The number of halogens is 3. The zero-order chi connectivity index (χ0) is 22.3. The van der Waals surface area contributed by atoms with Gasteiger partial charge in [0.25, 0.3) is 5.69 Å². The van der Waals surface area contributed by atoms with Gasteiger partial charge in [0.15, 0.2) is 0 Å². The standard InChI is InChI=1S/C19H20F3N3O5/c1-12(23-16-5-3-4-6-17(16)30-10-9-29-2)18(26)24-15-8-7-13(25(27)28)11-14(15)19(20,21)22/h3-8,11-12,23H,9-10H2,1-2H3,(H,24,26). The predicted molar refractivity (Wildman–Crippen MR) is 104 cm³/mol. The number of benzene rings is 2. The van der Waals surface area contributed by atoms with E-state index in [0.717, 1.165) is 12.1 Å². The number of anilines is 2. The Morgan fingerprint density at radius 2 is 1.87 bits per heavy atom. The van der Waals surface area contributed by atoms with E-state index in [4.69, 9.17) is 9.47 Å². The third kappa shape index (κ3) is 6.08. The second-order valence-corrected chi connectivity index (χ2v) is 6.18. The lowest BCUT2D eigenvalue weighted by Crippen LogP contribution is -2.32. The minimum Gasteiger partial charge on any atom is -0.489 e. The van der Waals surface area contributed by atoms with Crippen LogP contribution in [0.2, 0.25) is 0 Å². The van der Waals surface area contributed by atoms with Crippen LogP contribution >= 0.6 is 0 Å². The van der Waals surface area contributed by atoms with E-state index in [9.17, 15) is 28.1 Å². The van der Waals surface area contributed by atoms with Crippen molar-refractivity contribution in [2.45, 2.75) is 19.1 Å². The maximum atomic E-state index is 13.3. The first kappa shape index (κ1) is 22.9. The van der Waals surface area contributed by atoms with Gasteiger partial charge in [0.2, 0.25) is 5.91 Å². The van der Waals surface area contributed by atoms with Crippen molar-refractivity contribution >= 4 is 23.0 Å². The van der Waals surface area contributed by atoms with Gasteiger partial charge >= 0.3 is 6.18 Å². The predicted octanol–water partition coefficient (Wildman–Crippen LogP) is 4.08. The van der Waals surface area contributed by atoms with Crippen molar-refractivity contribution in [3.05, 3.63) is 58.1 Å². The first-order valence-corrected chi connectivity index (χ1v) is 8.77. The van der Waals surface area contributed by atoms with Crippen LogP contribution in [-0.4, -0.2) is 37.2 Å². The molecule has 0 spiro atoms. The quantitative estimate of drug-likeness (QED) is 0.355. The van der Waals surface area contributed by atoms with Crippen LogP contribution in [0.1, 0.15) is 12.5 Å². The molecule has 0 bridgehead atoms. The molecular formula is C19H20F3N3O5. The molecular weight excluding hydrogens is 407 g/mol. The second-order valence-electron chi connectivity index (χ2n) is 6.18. The number of amides is 1. The van der Waals surface area contributed by atoms with Crippen LogP contribution in [-0.2, 0) is 15.7 Å². The molecule has 0 heterocycles. The van der Waals surface area contributed by atoms with E-state index in [-0.39, 0.29) is 6.61 Å². The maximum absolute atomic E-state index is 13.3. The van der Waals surface area contributed by atoms with Crippen molar-refractivity contribution < 1.29 is 32.4 Å². The van der Waals surface area contributed by atoms with Gasteiger partial charge in [0.05, 0.1) is 28.5 Å². The highest BCUT2D eigenvalue weighted by molar-refractivity contribution is 5.97. The number of ether oxygens (including phenoxy) is 2. The summed E-state index contributed by atoms with van der Waals surface area (Å²) in [5.74, 6) is -0.318. The number of nitro groups is 1. The number of non-ortho nitro benzene ring substituents is 1. The molecule has 8 nitrogen and oxygen atoms in total. The van der Waals surface area contributed by atoms with E-state index in [0.29, 0.717) is 24.1 Å². The first-order valence-electron chi connectivity index (χ1n) is 8.77. The Morgan fingerprint density at radius 3 is 2.50 bits per heavy atom. The van der Waals surface area contributed by atoms with Crippen molar-refractivity contribution in [2.75, 3.05) is 31.0 Å². The number of rotatable bonds is 9. The Labute approximate surface area is 170 Å². The van der Waals surface area contributed by atoms with Crippen LogP contribution in [0.4, 0.5) is 30.2 Å². The number of hydrogen-bond acceptors (Lipinski definition) is 6. The average molecular weight is 427 g/mol. The molecule has 0 aliphatic rings. The van der Waals surface area contributed by atoms with Gasteiger partial charge in [0, 0.05) is 19.2 Å². The van der Waals surface area contributed by atoms with Crippen molar-refractivity contribution in [1.82, 2.24) is 0 Å². The minimum atomic E-state index is -4.88. The summed E-state index contributed by atoms with van der Waals surface area (Å²) < 4.78 is 50.3. The molecule has 0 saturated heterocycles. The number of hydrogen-bond donors (Lipinski definition) is 2. The van der Waals surface area contributed by atoms with Crippen LogP contribution in [0.25, 0.3) is 0 Å². The summed E-state index contributed by atoms with van der Waals surface area (Å²) >= 11 is 0. The molecule has 0 aliphatic carbocycles. The van der Waals surface area contributed by atoms with Crippen molar-refractivity contribution in [1.29, 1.82) is 0 Å². The summed E-state index contributed by atoms with van der Waals surface area (Å²) in [5.41, 5.74) is -2.14. The first-order chi connectivity index (χ1) is 14.1.